The Hall–Kier alpha value is -0.110. The summed E-state index contributed by atoms with van der Waals surface area (Å²) < 4.78 is 21.0. The minimum Gasteiger partial charge on any atom is -0.469 e. The summed E-state index contributed by atoms with van der Waals surface area (Å²) in [6.45, 7) is 7.58. The fourth-order valence-corrected chi connectivity index (χ4v) is 3.98. The number of esters is 1. The van der Waals surface area contributed by atoms with E-state index in [0.717, 1.165) is 15.8 Å². The van der Waals surface area contributed by atoms with Crippen LogP contribution in [0.25, 0.3) is 0 Å². The number of thioether (sulfide) groups is 1. The lowest BCUT2D eigenvalue weighted by atomic mass is 9.97. The van der Waals surface area contributed by atoms with Gasteiger partial charge in [0, 0.05) is 9.39 Å². The van der Waals surface area contributed by atoms with Crippen molar-refractivity contribution in [2.24, 2.45) is 0 Å². The number of carbonyl (C=O) groups excluding carboxylic acids is 1. The summed E-state index contributed by atoms with van der Waals surface area (Å²) in [5.41, 5.74) is -0.708. The summed E-state index contributed by atoms with van der Waals surface area (Å²) in [6.07, 6.45) is 2.95. The predicted molar refractivity (Wildman–Crippen MR) is 93.4 cm³/mol. The molecule has 0 radical (unpaired) electrons. The van der Waals surface area contributed by atoms with Crippen LogP contribution in [0.4, 0.5) is 0 Å². The van der Waals surface area contributed by atoms with Crippen molar-refractivity contribution in [3.05, 3.63) is 20.9 Å². The molecule has 1 heterocycles. The van der Waals surface area contributed by atoms with Crippen LogP contribution in [0, 0.1) is 0 Å². The molecular weight excluding hydrogens is 374 g/mol. The molecule has 0 spiro atoms. The van der Waals surface area contributed by atoms with E-state index in [0.29, 0.717) is 0 Å². The second kappa shape index (κ2) is 7.44. The van der Waals surface area contributed by atoms with Gasteiger partial charge in [-0.3, -0.25) is 4.79 Å². The average molecular weight is 396 g/mol. The second-order valence-electron chi connectivity index (χ2n) is 6.02. The topological polar surface area (TPSA) is 55.4 Å². The van der Waals surface area contributed by atoms with Crippen LogP contribution in [0.3, 0.4) is 0 Å². The number of methoxy groups -OCH3 is 1. The molecular formula is C14H22BrNO3S2. The first-order chi connectivity index (χ1) is 9.58. The Morgan fingerprint density at radius 2 is 2.10 bits per heavy atom. The Labute approximate surface area is 141 Å². The summed E-state index contributed by atoms with van der Waals surface area (Å²) in [5.74, 6) is -0.328. The summed E-state index contributed by atoms with van der Waals surface area (Å²) in [6, 6.07) is 0. The van der Waals surface area contributed by atoms with Crippen LogP contribution in [0.1, 0.15) is 40.5 Å². The van der Waals surface area contributed by atoms with E-state index in [1.807, 2.05) is 39.2 Å². The maximum atomic E-state index is 12.4. The summed E-state index contributed by atoms with van der Waals surface area (Å²) >= 11 is 4.98. The Balaban J connectivity index is 3.01. The quantitative estimate of drug-likeness (QED) is 0.722. The van der Waals surface area contributed by atoms with Crippen molar-refractivity contribution in [3.63, 3.8) is 0 Å². The van der Waals surface area contributed by atoms with Gasteiger partial charge in [0.1, 0.15) is 0 Å². The zero-order valence-electron chi connectivity index (χ0n) is 13.0. The average Bonchev–Trinajstić information content (AvgIpc) is 2.37. The summed E-state index contributed by atoms with van der Waals surface area (Å²) in [7, 11) is 0.0835. The number of rotatable bonds is 5. The molecule has 0 aliphatic carbocycles. The van der Waals surface area contributed by atoms with Crippen molar-refractivity contribution in [2.45, 2.75) is 50.8 Å². The number of allylic oxidation sites excluding steroid dienone is 2. The maximum Gasteiger partial charge on any atom is 0.307 e. The number of hydrogen-bond acceptors (Lipinski definition) is 4. The van der Waals surface area contributed by atoms with Crippen LogP contribution in [0.15, 0.2) is 20.9 Å². The lowest BCUT2D eigenvalue weighted by Gasteiger charge is -2.35. The van der Waals surface area contributed by atoms with E-state index >= 15 is 0 Å². The third-order valence-electron chi connectivity index (χ3n) is 2.94. The highest BCUT2D eigenvalue weighted by Crippen LogP contribution is 2.38. The van der Waals surface area contributed by atoms with E-state index in [2.05, 4.69) is 20.7 Å². The monoisotopic (exact) mass is 395 g/mol. The van der Waals surface area contributed by atoms with Crippen LogP contribution in [-0.4, -0.2) is 27.6 Å². The van der Waals surface area contributed by atoms with Gasteiger partial charge >= 0.3 is 5.97 Å². The zero-order valence-corrected chi connectivity index (χ0v) is 16.2. The Morgan fingerprint density at radius 3 is 2.52 bits per heavy atom. The van der Waals surface area contributed by atoms with E-state index in [1.54, 1.807) is 0 Å². The van der Waals surface area contributed by atoms with Crippen molar-refractivity contribution in [1.29, 1.82) is 0 Å². The molecule has 0 fully saturated rings. The minimum absolute atomic E-state index is 0.135. The van der Waals surface area contributed by atoms with Crippen LogP contribution in [-0.2, 0) is 20.5 Å². The van der Waals surface area contributed by atoms with E-state index in [-0.39, 0.29) is 12.4 Å². The molecule has 2 atom stereocenters. The van der Waals surface area contributed by atoms with Crippen molar-refractivity contribution in [2.75, 3.05) is 7.11 Å². The molecule has 0 amide bonds. The van der Waals surface area contributed by atoms with Gasteiger partial charge in [0.15, 0.2) is 0 Å². The fourth-order valence-electron chi connectivity index (χ4n) is 1.66. The number of halogens is 1. The lowest BCUT2D eigenvalue weighted by molar-refractivity contribution is -0.141. The standard InChI is InChI=1S/C14H22BrNO3S2/c1-13(2,3)21(18)16-14(4,8-12(17)19-5)11-7-6-10(15)9-20-11/h7,9,16H,6,8H2,1-5H3/t14-,21?/m0/s1. The number of carbonyl (C=O) groups is 1. The van der Waals surface area contributed by atoms with E-state index < -0.39 is 21.3 Å². The predicted octanol–water partition coefficient (Wildman–Crippen LogP) is 3.62. The van der Waals surface area contributed by atoms with Crippen LogP contribution in [0.2, 0.25) is 0 Å². The zero-order chi connectivity index (χ0) is 16.3. The molecule has 1 aliphatic heterocycles. The number of nitrogens with one attached hydrogen (secondary N) is 1. The number of hydrogen-bond donors (Lipinski definition) is 1. The molecule has 0 aromatic carbocycles. The SMILES string of the molecule is COC(=O)C[C@](C)(NS(=O)C(C)(C)C)C1=CCC(Br)=CS1. The normalized spacial score (nSPS) is 20.1. The smallest absolute Gasteiger partial charge is 0.307 e. The molecule has 4 nitrogen and oxygen atoms in total. The third-order valence-corrected chi connectivity index (χ3v) is 6.82. The molecule has 0 bridgehead atoms. The molecule has 1 rings (SSSR count). The Kier molecular flexibility index (Phi) is 6.71. The Morgan fingerprint density at radius 1 is 1.48 bits per heavy atom. The van der Waals surface area contributed by atoms with Crippen molar-refractivity contribution in [3.8, 4) is 0 Å². The molecule has 1 aliphatic rings. The third kappa shape index (κ3) is 5.54. The van der Waals surface area contributed by atoms with E-state index in [4.69, 9.17) is 4.74 Å². The summed E-state index contributed by atoms with van der Waals surface area (Å²) in [4.78, 5) is 12.7. The molecule has 0 aromatic heterocycles. The molecule has 0 saturated carbocycles. The van der Waals surface area contributed by atoms with Gasteiger partial charge in [0.05, 0.1) is 34.8 Å². The Bertz CT molecular complexity index is 497. The van der Waals surface area contributed by atoms with E-state index in [1.165, 1.54) is 18.9 Å². The molecule has 120 valence electrons. The minimum atomic E-state index is -1.28. The first-order valence-electron chi connectivity index (χ1n) is 6.57. The first kappa shape index (κ1) is 18.9. The van der Waals surface area contributed by atoms with Crippen LogP contribution < -0.4 is 4.72 Å². The molecule has 1 N–H and O–H groups in total. The van der Waals surface area contributed by atoms with Crippen molar-refractivity contribution in [1.82, 2.24) is 4.72 Å². The van der Waals surface area contributed by atoms with Gasteiger partial charge in [0.25, 0.3) is 0 Å². The fraction of sp³-hybridized carbons (Fsp3) is 0.643. The van der Waals surface area contributed by atoms with Crippen LogP contribution >= 0.6 is 27.7 Å². The molecule has 1 unspecified atom stereocenters. The van der Waals surface area contributed by atoms with Gasteiger partial charge in [-0.2, -0.15) is 0 Å². The molecule has 21 heavy (non-hydrogen) atoms. The van der Waals surface area contributed by atoms with Gasteiger partial charge < -0.3 is 4.74 Å². The molecule has 0 aromatic rings. The summed E-state index contributed by atoms with van der Waals surface area (Å²) in [5, 5.41) is 1.99. The van der Waals surface area contributed by atoms with Gasteiger partial charge in [-0.1, -0.05) is 22.0 Å². The molecule has 0 saturated heterocycles. The highest BCUT2D eigenvalue weighted by atomic mass is 79.9. The lowest BCUT2D eigenvalue weighted by Crippen LogP contribution is -2.50. The largest absolute Gasteiger partial charge is 0.469 e. The highest BCUT2D eigenvalue weighted by Gasteiger charge is 2.37. The van der Waals surface area contributed by atoms with E-state index in [9.17, 15) is 9.00 Å². The van der Waals surface area contributed by atoms with Crippen molar-refractivity contribution >= 4 is 44.6 Å². The van der Waals surface area contributed by atoms with Gasteiger partial charge in [-0.25, -0.2) is 8.93 Å². The van der Waals surface area contributed by atoms with Crippen molar-refractivity contribution < 1.29 is 13.7 Å². The van der Waals surface area contributed by atoms with Gasteiger partial charge in [-0.05, 0) is 39.5 Å². The second-order valence-corrected chi connectivity index (χ2v) is 9.92. The van der Waals surface area contributed by atoms with Gasteiger partial charge in [-0.15, -0.1) is 11.8 Å². The first-order valence-corrected chi connectivity index (χ1v) is 9.39. The van der Waals surface area contributed by atoms with Gasteiger partial charge in [0.2, 0.25) is 0 Å². The van der Waals surface area contributed by atoms with Crippen LogP contribution in [0.5, 0.6) is 0 Å². The number of ether oxygens (including phenoxy) is 1. The maximum absolute atomic E-state index is 12.4. The molecule has 7 heteroatoms. The highest BCUT2D eigenvalue weighted by molar-refractivity contribution is 9.11.